The number of amides is 1. The standard InChI is InChI=1S/C33H41N7O2/c1-3-38(4-2)32(41)24-12-11-21-39(22-24)33-36-30(29-31(37-33)40(23-34-29)26-13-7-5-8-14-26)35-25-17-19-28(20-18-25)42-27-15-9-6-10-16-27/h6,9-10,15-20,23-24,26H,3-5,7-8,11-14,21-22H2,1-2H3,(H,35,36,37). The molecule has 1 N–H and O–H groups in total. The first kappa shape index (κ1) is 28.0. The first-order valence-corrected chi connectivity index (χ1v) is 15.5. The van der Waals surface area contributed by atoms with Crippen LogP contribution < -0.4 is 15.0 Å². The maximum absolute atomic E-state index is 13.2. The third-order valence-electron chi connectivity index (χ3n) is 8.60. The third-order valence-corrected chi connectivity index (χ3v) is 8.60. The lowest BCUT2D eigenvalue weighted by molar-refractivity contribution is -0.135. The fraction of sp³-hybridized carbons (Fsp3) is 0.455. The molecule has 2 fully saturated rings. The van der Waals surface area contributed by atoms with E-state index in [0.717, 1.165) is 73.7 Å². The van der Waals surface area contributed by atoms with Crippen LogP contribution in [0.15, 0.2) is 60.9 Å². The van der Waals surface area contributed by atoms with E-state index < -0.39 is 0 Å². The van der Waals surface area contributed by atoms with Crippen molar-refractivity contribution in [2.45, 2.75) is 64.8 Å². The number of hydrogen-bond acceptors (Lipinski definition) is 7. The number of rotatable bonds is 9. The molecule has 4 aromatic rings. The van der Waals surface area contributed by atoms with Gasteiger partial charge < -0.3 is 24.4 Å². The fourth-order valence-corrected chi connectivity index (χ4v) is 6.28. The van der Waals surface area contributed by atoms with E-state index in [2.05, 4.69) is 14.8 Å². The summed E-state index contributed by atoms with van der Waals surface area (Å²) < 4.78 is 8.23. The predicted molar refractivity (Wildman–Crippen MR) is 167 cm³/mol. The second-order valence-electron chi connectivity index (χ2n) is 11.3. The molecule has 2 aliphatic rings. The summed E-state index contributed by atoms with van der Waals surface area (Å²) in [5.74, 6) is 3.08. The van der Waals surface area contributed by atoms with Crippen LogP contribution in [0.1, 0.15) is 64.8 Å². The van der Waals surface area contributed by atoms with Crippen molar-refractivity contribution in [1.82, 2.24) is 24.4 Å². The Morgan fingerprint density at radius 1 is 0.929 bits per heavy atom. The van der Waals surface area contributed by atoms with E-state index in [9.17, 15) is 4.79 Å². The largest absolute Gasteiger partial charge is 0.457 e. The minimum Gasteiger partial charge on any atom is -0.457 e. The van der Waals surface area contributed by atoms with Gasteiger partial charge in [0.05, 0.1) is 12.2 Å². The van der Waals surface area contributed by atoms with Crippen molar-refractivity contribution in [1.29, 1.82) is 0 Å². The summed E-state index contributed by atoms with van der Waals surface area (Å²) in [4.78, 5) is 32.3. The lowest BCUT2D eigenvalue weighted by Gasteiger charge is -2.34. The predicted octanol–water partition coefficient (Wildman–Crippen LogP) is 6.95. The topological polar surface area (TPSA) is 88.4 Å². The number of anilines is 3. The second-order valence-corrected chi connectivity index (χ2v) is 11.3. The van der Waals surface area contributed by atoms with Gasteiger partial charge in [-0.15, -0.1) is 0 Å². The van der Waals surface area contributed by atoms with Gasteiger partial charge >= 0.3 is 0 Å². The van der Waals surface area contributed by atoms with Crippen LogP contribution in [-0.4, -0.2) is 56.5 Å². The third kappa shape index (κ3) is 6.05. The highest BCUT2D eigenvalue weighted by Gasteiger charge is 2.30. The summed E-state index contributed by atoms with van der Waals surface area (Å²) in [5, 5.41) is 3.52. The van der Waals surface area contributed by atoms with Crippen molar-refractivity contribution < 1.29 is 9.53 Å². The van der Waals surface area contributed by atoms with Gasteiger partial charge in [-0.1, -0.05) is 37.5 Å². The zero-order chi connectivity index (χ0) is 28.9. The first-order valence-electron chi connectivity index (χ1n) is 15.5. The van der Waals surface area contributed by atoms with Crippen LogP contribution in [0.25, 0.3) is 11.2 Å². The Bertz CT molecular complexity index is 1480. The number of para-hydroxylation sites is 1. The minimum absolute atomic E-state index is 0.0465. The first-order chi connectivity index (χ1) is 20.6. The van der Waals surface area contributed by atoms with Gasteiger partial charge in [-0.05, 0) is 75.9 Å². The number of ether oxygens (including phenoxy) is 1. The van der Waals surface area contributed by atoms with E-state index in [1.165, 1.54) is 19.3 Å². The lowest BCUT2D eigenvalue weighted by Crippen LogP contribution is -2.45. The smallest absolute Gasteiger partial charge is 0.229 e. The molecular formula is C33H41N7O2. The Morgan fingerprint density at radius 2 is 1.67 bits per heavy atom. The lowest BCUT2D eigenvalue weighted by atomic mass is 9.95. The van der Waals surface area contributed by atoms with E-state index >= 15 is 0 Å². The van der Waals surface area contributed by atoms with Gasteiger partial charge in [-0.2, -0.15) is 9.97 Å². The van der Waals surface area contributed by atoms with Crippen molar-refractivity contribution in [2.24, 2.45) is 5.92 Å². The number of carbonyl (C=O) groups is 1. The van der Waals surface area contributed by atoms with Gasteiger partial charge in [0.25, 0.3) is 0 Å². The van der Waals surface area contributed by atoms with Gasteiger partial charge in [0.2, 0.25) is 11.9 Å². The summed E-state index contributed by atoms with van der Waals surface area (Å²) in [6.45, 7) is 7.02. The molecule has 9 nitrogen and oxygen atoms in total. The van der Waals surface area contributed by atoms with Crippen LogP contribution in [0.2, 0.25) is 0 Å². The molecule has 1 saturated carbocycles. The van der Waals surface area contributed by atoms with Crippen molar-refractivity contribution in [3.63, 3.8) is 0 Å². The van der Waals surface area contributed by atoms with E-state index in [1.807, 2.05) is 79.7 Å². The Balaban J connectivity index is 1.30. The van der Waals surface area contributed by atoms with Crippen LogP contribution >= 0.6 is 0 Å². The molecule has 6 rings (SSSR count). The quantitative estimate of drug-likeness (QED) is 0.234. The molecule has 1 atom stereocenters. The number of benzene rings is 2. The van der Waals surface area contributed by atoms with Crippen LogP contribution in [0, 0.1) is 5.92 Å². The molecular weight excluding hydrogens is 526 g/mol. The minimum atomic E-state index is -0.0465. The Morgan fingerprint density at radius 3 is 2.40 bits per heavy atom. The van der Waals surface area contributed by atoms with Gasteiger partial charge in [-0.25, -0.2) is 4.98 Å². The van der Waals surface area contributed by atoms with Crippen LogP contribution in [0.4, 0.5) is 17.5 Å². The molecule has 2 aromatic heterocycles. The van der Waals surface area contributed by atoms with Gasteiger partial charge in [-0.3, -0.25) is 4.79 Å². The molecule has 1 amide bonds. The van der Waals surface area contributed by atoms with Gasteiger partial charge in [0.1, 0.15) is 11.5 Å². The summed E-state index contributed by atoms with van der Waals surface area (Å²) >= 11 is 0. The number of fused-ring (bicyclic) bond motifs is 1. The molecule has 0 bridgehead atoms. The van der Waals surface area contributed by atoms with E-state index in [-0.39, 0.29) is 11.8 Å². The van der Waals surface area contributed by atoms with Crippen molar-refractivity contribution in [2.75, 3.05) is 36.4 Å². The Kier molecular flexibility index (Phi) is 8.53. The molecule has 42 heavy (non-hydrogen) atoms. The molecule has 0 radical (unpaired) electrons. The number of hydrogen-bond donors (Lipinski definition) is 1. The van der Waals surface area contributed by atoms with E-state index in [4.69, 9.17) is 19.7 Å². The van der Waals surface area contributed by atoms with Crippen molar-refractivity contribution >= 4 is 34.5 Å². The molecule has 3 heterocycles. The molecule has 1 aliphatic heterocycles. The average molecular weight is 568 g/mol. The van der Waals surface area contributed by atoms with Crippen molar-refractivity contribution in [3.8, 4) is 11.5 Å². The molecule has 1 unspecified atom stereocenters. The summed E-state index contributed by atoms with van der Waals surface area (Å²) in [6.07, 6.45) is 9.79. The number of imidazole rings is 1. The molecule has 1 aliphatic carbocycles. The zero-order valence-corrected chi connectivity index (χ0v) is 24.7. The molecule has 1 saturated heterocycles. The summed E-state index contributed by atoms with van der Waals surface area (Å²) in [6, 6.07) is 18.0. The molecule has 2 aromatic carbocycles. The molecule has 9 heteroatoms. The number of aromatic nitrogens is 4. The zero-order valence-electron chi connectivity index (χ0n) is 24.7. The van der Waals surface area contributed by atoms with Gasteiger partial charge in [0, 0.05) is 37.9 Å². The number of nitrogens with one attached hydrogen (secondary N) is 1. The van der Waals surface area contributed by atoms with Crippen LogP contribution in [0.3, 0.4) is 0 Å². The van der Waals surface area contributed by atoms with E-state index in [0.29, 0.717) is 24.4 Å². The fourth-order valence-electron chi connectivity index (χ4n) is 6.28. The highest BCUT2D eigenvalue weighted by atomic mass is 16.5. The average Bonchev–Trinajstić information content (AvgIpc) is 3.48. The SMILES string of the molecule is CCN(CC)C(=O)C1CCCN(c2nc(Nc3ccc(Oc4ccccc4)cc3)c3ncn(C4CCCCC4)c3n2)C1. The number of nitrogens with zero attached hydrogens (tertiary/aromatic N) is 6. The Labute approximate surface area is 247 Å². The maximum atomic E-state index is 13.2. The number of carbonyl (C=O) groups excluding carboxylic acids is 1. The normalized spacial score (nSPS) is 17.8. The highest BCUT2D eigenvalue weighted by molar-refractivity contribution is 5.87. The second kappa shape index (κ2) is 12.8. The highest BCUT2D eigenvalue weighted by Crippen LogP contribution is 2.34. The number of piperidine rings is 1. The molecule has 220 valence electrons. The summed E-state index contributed by atoms with van der Waals surface area (Å²) in [5.41, 5.74) is 2.51. The maximum Gasteiger partial charge on any atom is 0.229 e. The van der Waals surface area contributed by atoms with Crippen molar-refractivity contribution in [3.05, 3.63) is 60.9 Å². The van der Waals surface area contributed by atoms with Gasteiger partial charge in [0.15, 0.2) is 17.0 Å². The summed E-state index contributed by atoms with van der Waals surface area (Å²) in [7, 11) is 0. The monoisotopic (exact) mass is 567 g/mol. The Hall–Kier alpha value is -4.14. The van der Waals surface area contributed by atoms with Crippen LogP contribution in [0.5, 0.6) is 11.5 Å². The van der Waals surface area contributed by atoms with Crippen LogP contribution in [-0.2, 0) is 4.79 Å². The van der Waals surface area contributed by atoms with E-state index in [1.54, 1.807) is 0 Å². The molecule has 0 spiro atoms.